The molecule has 1 aliphatic heterocycles. The molecule has 0 unspecified atom stereocenters. The highest BCUT2D eigenvalue weighted by molar-refractivity contribution is 5.98. The molecule has 0 saturated carbocycles. The number of ether oxygens (including phenoxy) is 1. The van der Waals surface area contributed by atoms with Gasteiger partial charge in [0.2, 0.25) is 5.90 Å². The summed E-state index contributed by atoms with van der Waals surface area (Å²) in [6.07, 6.45) is 3.73. The fourth-order valence-electron chi connectivity index (χ4n) is 2.00. The van der Waals surface area contributed by atoms with Crippen molar-refractivity contribution in [2.24, 2.45) is 5.10 Å². The van der Waals surface area contributed by atoms with Gasteiger partial charge in [0.25, 0.3) is 5.91 Å². The first kappa shape index (κ1) is 14.0. The summed E-state index contributed by atoms with van der Waals surface area (Å²) in [4.78, 5) is 11.0. The van der Waals surface area contributed by atoms with Crippen molar-refractivity contribution in [2.45, 2.75) is 0 Å². The lowest BCUT2D eigenvalue weighted by molar-refractivity contribution is -0.124. The van der Waals surface area contributed by atoms with E-state index in [0.717, 1.165) is 16.7 Å². The Labute approximate surface area is 126 Å². The molecule has 110 valence electrons. The topological polar surface area (TPSA) is 50.7 Å². The average Bonchev–Trinajstić information content (AvgIpc) is 2.54. The molecule has 1 N–H and O–H groups in total. The second-order valence-corrected chi connectivity index (χ2v) is 4.75. The molecule has 22 heavy (non-hydrogen) atoms. The highest BCUT2D eigenvalue weighted by atomic mass is 19.1. The number of nitrogens with one attached hydrogen (secondary N) is 1. The van der Waals surface area contributed by atoms with Crippen molar-refractivity contribution in [3.63, 3.8) is 0 Å². The molecule has 1 amide bonds. The van der Waals surface area contributed by atoms with Crippen LogP contribution in [0.15, 0.2) is 53.6 Å². The third-order valence-electron chi connectivity index (χ3n) is 3.10. The van der Waals surface area contributed by atoms with Gasteiger partial charge in [-0.3, -0.25) is 4.79 Å². The average molecular weight is 296 g/mol. The van der Waals surface area contributed by atoms with Crippen LogP contribution in [0.2, 0.25) is 0 Å². The van der Waals surface area contributed by atoms with Gasteiger partial charge in [-0.15, -0.1) is 5.10 Å². The van der Waals surface area contributed by atoms with Crippen LogP contribution >= 0.6 is 0 Å². The predicted molar refractivity (Wildman–Crippen MR) is 82.4 cm³/mol. The van der Waals surface area contributed by atoms with Gasteiger partial charge < -0.3 is 4.74 Å². The molecule has 1 heterocycles. The first-order valence-electron chi connectivity index (χ1n) is 6.74. The first-order chi connectivity index (χ1) is 10.7. The number of hydrogen-bond acceptors (Lipinski definition) is 3. The third-order valence-corrected chi connectivity index (χ3v) is 3.10. The molecule has 1 aliphatic rings. The van der Waals surface area contributed by atoms with Gasteiger partial charge in [-0.2, -0.15) is 0 Å². The van der Waals surface area contributed by atoms with E-state index in [1.807, 2.05) is 42.5 Å². The number of hydrazone groups is 1. The van der Waals surface area contributed by atoms with Crippen LogP contribution in [0, 0.1) is 5.82 Å². The van der Waals surface area contributed by atoms with Crippen LogP contribution in [-0.4, -0.2) is 18.4 Å². The monoisotopic (exact) mass is 296 g/mol. The van der Waals surface area contributed by atoms with E-state index in [4.69, 9.17) is 4.74 Å². The summed E-state index contributed by atoms with van der Waals surface area (Å²) in [7, 11) is 0. The lowest BCUT2D eigenvalue weighted by Crippen LogP contribution is -2.32. The number of amides is 1. The van der Waals surface area contributed by atoms with Crippen molar-refractivity contribution in [3.8, 4) is 0 Å². The van der Waals surface area contributed by atoms with Gasteiger partial charge in [0.1, 0.15) is 5.82 Å². The predicted octanol–water partition coefficient (Wildman–Crippen LogP) is 2.80. The molecule has 4 nitrogen and oxygen atoms in total. The Morgan fingerprint density at radius 2 is 1.86 bits per heavy atom. The number of carbonyl (C=O) groups is 1. The van der Waals surface area contributed by atoms with Gasteiger partial charge in [-0.25, -0.2) is 9.82 Å². The third kappa shape index (κ3) is 3.38. The zero-order valence-corrected chi connectivity index (χ0v) is 11.6. The molecule has 0 aromatic heterocycles. The van der Waals surface area contributed by atoms with Gasteiger partial charge in [0, 0.05) is 5.56 Å². The van der Waals surface area contributed by atoms with Crippen molar-refractivity contribution >= 4 is 24.0 Å². The maximum atomic E-state index is 13.1. The normalized spacial score (nSPS) is 14.4. The molecular formula is C17H13FN2O2. The second kappa shape index (κ2) is 6.22. The summed E-state index contributed by atoms with van der Waals surface area (Å²) in [5.41, 5.74) is 4.92. The molecule has 0 saturated heterocycles. The van der Waals surface area contributed by atoms with Crippen molar-refractivity contribution in [2.75, 3.05) is 6.61 Å². The summed E-state index contributed by atoms with van der Waals surface area (Å²) < 4.78 is 18.3. The lowest BCUT2D eigenvalue weighted by atomic mass is 10.1. The highest BCUT2D eigenvalue weighted by Crippen LogP contribution is 2.12. The summed E-state index contributed by atoms with van der Waals surface area (Å²) in [5.74, 6) is -0.134. The van der Waals surface area contributed by atoms with Gasteiger partial charge in [-0.05, 0) is 35.4 Å². The first-order valence-corrected chi connectivity index (χ1v) is 6.74. The number of carbonyl (C=O) groups excluding carboxylic acids is 1. The van der Waals surface area contributed by atoms with E-state index >= 15 is 0 Å². The number of rotatable bonds is 3. The number of halogens is 1. The Balaban J connectivity index is 1.73. The zero-order valence-electron chi connectivity index (χ0n) is 11.6. The van der Waals surface area contributed by atoms with Gasteiger partial charge in [-0.1, -0.05) is 36.4 Å². The zero-order chi connectivity index (χ0) is 15.4. The van der Waals surface area contributed by atoms with Crippen LogP contribution in [-0.2, 0) is 9.53 Å². The van der Waals surface area contributed by atoms with Crippen LogP contribution in [0.5, 0.6) is 0 Å². The minimum Gasteiger partial charge on any atom is -0.466 e. The smallest absolute Gasteiger partial charge is 0.278 e. The summed E-state index contributed by atoms with van der Waals surface area (Å²) in [5, 5.41) is 3.85. The Hall–Kier alpha value is -2.95. The molecule has 0 spiro atoms. The van der Waals surface area contributed by atoms with Crippen LogP contribution in [0.25, 0.3) is 12.2 Å². The SMILES string of the molecule is O=C1COC(c2ccc(/C=C/c3cccc(F)c3)cc2)=NN1. The lowest BCUT2D eigenvalue weighted by Gasteiger charge is -2.13. The Bertz CT molecular complexity index is 752. The maximum absolute atomic E-state index is 13.1. The van der Waals surface area contributed by atoms with E-state index in [9.17, 15) is 9.18 Å². The Morgan fingerprint density at radius 1 is 1.09 bits per heavy atom. The van der Waals surface area contributed by atoms with Gasteiger partial charge in [0.05, 0.1) is 0 Å². The number of hydrogen-bond donors (Lipinski definition) is 1. The number of benzene rings is 2. The van der Waals surface area contributed by atoms with E-state index in [2.05, 4.69) is 10.5 Å². The molecule has 0 fully saturated rings. The fraction of sp³-hybridized carbons (Fsp3) is 0.0588. The molecule has 0 atom stereocenters. The van der Waals surface area contributed by atoms with Crippen LogP contribution < -0.4 is 5.43 Å². The largest absolute Gasteiger partial charge is 0.466 e. The molecule has 0 aliphatic carbocycles. The van der Waals surface area contributed by atoms with E-state index in [0.29, 0.717) is 5.90 Å². The van der Waals surface area contributed by atoms with Crippen molar-refractivity contribution < 1.29 is 13.9 Å². The van der Waals surface area contributed by atoms with Crippen molar-refractivity contribution in [3.05, 3.63) is 71.0 Å². The molecule has 0 bridgehead atoms. The second-order valence-electron chi connectivity index (χ2n) is 4.75. The van der Waals surface area contributed by atoms with Gasteiger partial charge in [0.15, 0.2) is 6.61 Å². The molecule has 2 aromatic carbocycles. The molecule has 0 radical (unpaired) electrons. The van der Waals surface area contributed by atoms with E-state index in [1.165, 1.54) is 12.1 Å². The van der Waals surface area contributed by atoms with Gasteiger partial charge >= 0.3 is 0 Å². The van der Waals surface area contributed by atoms with E-state index < -0.39 is 0 Å². The van der Waals surface area contributed by atoms with Crippen molar-refractivity contribution in [1.82, 2.24) is 5.43 Å². The molecule has 5 heteroatoms. The Kier molecular flexibility index (Phi) is 3.96. The molecule has 3 rings (SSSR count). The maximum Gasteiger partial charge on any atom is 0.278 e. The fourth-order valence-corrected chi connectivity index (χ4v) is 2.00. The van der Waals surface area contributed by atoms with E-state index in [-0.39, 0.29) is 18.3 Å². The Morgan fingerprint density at radius 3 is 2.55 bits per heavy atom. The van der Waals surface area contributed by atoms with Crippen molar-refractivity contribution in [1.29, 1.82) is 0 Å². The van der Waals surface area contributed by atoms with Crippen LogP contribution in [0.3, 0.4) is 0 Å². The minimum atomic E-state index is -0.265. The van der Waals surface area contributed by atoms with Crippen LogP contribution in [0.1, 0.15) is 16.7 Å². The summed E-state index contributed by atoms with van der Waals surface area (Å²) >= 11 is 0. The quantitative estimate of drug-likeness (QED) is 0.885. The number of nitrogens with zero attached hydrogens (tertiary/aromatic N) is 1. The standard InChI is InChI=1S/C17H13FN2O2/c18-15-3-1-2-13(10-15)5-4-12-6-8-14(9-7-12)17-20-19-16(21)11-22-17/h1-10H,11H2,(H,19,21)/b5-4+. The van der Waals surface area contributed by atoms with E-state index in [1.54, 1.807) is 6.07 Å². The molecular weight excluding hydrogens is 283 g/mol. The summed E-state index contributed by atoms with van der Waals surface area (Å²) in [6, 6.07) is 13.9. The highest BCUT2D eigenvalue weighted by Gasteiger charge is 2.13. The minimum absolute atomic E-state index is 0.0277. The molecule has 2 aromatic rings. The summed E-state index contributed by atoms with van der Waals surface area (Å²) in [6.45, 7) is -0.0277. The van der Waals surface area contributed by atoms with Crippen LogP contribution in [0.4, 0.5) is 4.39 Å².